The lowest BCUT2D eigenvalue weighted by molar-refractivity contribution is 1.29. The zero-order chi connectivity index (χ0) is 10.7. The summed E-state index contributed by atoms with van der Waals surface area (Å²) < 4.78 is 0. The molecule has 0 amide bonds. The van der Waals surface area contributed by atoms with E-state index < -0.39 is 0 Å². The SMILES string of the molecule is C/C(C#N)=C(/N)c1c(C)cccc1C. The fourth-order valence-electron chi connectivity index (χ4n) is 1.49. The Kier molecular flexibility index (Phi) is 2.93. The molecule has 0 bridgehead atoms. The average molecular weight is 186 g/mol. The molecule has 14 heavy (non-hydrogen) atoms. The molecule has 0 radical (unpaired) electrons. The van der Waals surface area contributed by atoms with Gasteiger partial charge in [0, 0.05) is 11.1 Å². The Morgan fingerprint density at radius 1 is 1.29 bits per heavy atom. The van der Waals surface area contributed by atoms with E-state index in [4.69, 9.17) is 11.0 Å². The minimum absolute atomic E-state index is 0.572. The van der Waals surface area contributed by atoms with Gasteiger partial charge in [-0.1, -0.05) is 18.2 Å². The van der Waals surface area contributed by atoms with Crippen LogP contribution in [0, 0.1) is 25.2 Å². The summed E-state index contributed by atoms with van der Waals surface area (Å²) in [6.45, 7) is 5.74. The molecular formula is C12H14N2. The van der Waals surface area contributed by atoms with Gasteiger partial charge in [-0.3, -0.25) is 0 Å². The molecule has 0 aliphatic carbocycles. The molecule has 1 aromatic rings. The molecular weight excluding hydrogens is 172 g/mol. The summed E-state index contributed by atoms with van der Waals surface area (Å²) >= 11 is 0. The first-order chi connectivity index (χ1) is 6.57. The molecule has 0 fully saturated rings. The number of aryl methyl sites for hydroxylation is 2. The first-order valence-corrected chi connectivity index (χ1v) is 4.51. The van der Waals surface area contributed by atoms with Gasteiger partial charge in [0.05, 0.1) is 11.8 Å². The number of rotatable bonds is 1. The molecule has 0 atom stereocenters. The lowest BCUT2D eigenvalue weighted by atomic mass is 9.98. The van der Waals surface area contributed by atoms with Gasteiger partial charge >= 0.3 is 0 Å². The van der Waals surface area contributed by atoms with E-state index in [1.54, 1.807) is 6.92 Å². The molecule has 1 rings (SSSR count). The Morgan fingerprint density at radius 2 is 1.79 bits per heavy atom. The van der Waals surface area contributed by atoms with Crippen LogP contribution in [-0.2, 0) is 0 Å². The summed E-state index contributed by atoms with van der Waals surface area (Å²) in [5.41, 5.74) is 10.3. The highest BCUT2D eigenvalue weighted by Gasteiger charge is 2.07. The maximum atomic E-state index is 8.76. The summed E-state index contributed by atoms with van der Waals surface area (Å²) in [6, 6.07) is 8.06. The molecule has 2 heteroatoms. The van der Waals surface area contributed by atoms with Gasteiger partial charge in [-0.2, -0.15) is 5.26 Å². The molecule has 0 aliphatic heterocycles. The van der Waals surface area contributed by atoms with Crippen molar-refractivity contribution in [2.45, 2.75) is 20.8 Å². The molecule has 0 unspecified atom stereocenters. The molecule has 72 valence electrons. The summed E-state index contributed by atoms with van der Waals surface area (Å²) in [7, 11) is 0. The van der Waals surface area contributed by atoms with E-state index in [1.807, 2.05) is 32.0 Å². The second-order valence-corrected chi connectivity index (χ2v) is 3.42. The normalized spacial score (nSPS) is 11.9. The van der Waals surface area contributed by atoms with Gasteiger partial charge in [0.1, 0.15) is 0 Å². The fraction of sp³-hybridized carbons (Fsp3) is 0.250. The Bertz CT molecular complexity index is 402. The van der Waals surface area contributed by atoms with E-state index in [0.717, 1.165) is 16.7 Å². The molecule has 2 N–H and O–H groups in total. The van der Waals surface area contributed by atoms with Crippen molar-refractivity contribution in [1.82, 2.24) is 0 Å². The number of nitriles is 1. The van der Waals surface area contributed by atoms with Crippen LogP contribution in [0.25, 0.3) is 5.70 Å². The van der Waals surface area contributed by atoms with Crippen LogP contribution in [0.2, 0.25) is 0 Å². The maximum Gasteiger partial charge on any atom is 0.0965 e. The van der Waals surface area contributed by atoms with Gasteiger partial charge in [-0.25, -0.2) is 0 Å². The predicted octanol–water partition coefficient (Wildman–Crippen LogP) is 2.52. The van der Waals surface area contributed by atoms with Crippen LogP contribution in [0.1, 0.15) is 23.6 Å². The summed E-state index contributed by atoms with van der Waals surface area (Å²) in [5.74, 6) is 0. The fourth-order valence-corrected chi connectivity index (χ4v) is 1.49. The van der Waals surface area contributed by atoms with Crippen molar-refractivity contribution in [2.75, 3.05) is 0 Å². The van der Waals surface area contributed by atoms with Gasteiger partial charge in [0.15, 0.2) is 0 Å². The largest absolute Gasteiger partial charge is 0.397 e. The van der Waals surface area contributed by atoms with Crippen LogP contribution >= 0.6 is 0 Å². The van der Waals surface area contributed by atoms with Crippen molar-refractivity contribution in [3.8, 4) is 6.07 Å². The summed E-state index contributed by atoms with van der Waals surface area (Å²) in [4.78, 5) is 0. The standard InChI is InChI=1S/C12H14N2/c1-8-5-4-6-9(2)11(8)12(14)10(3)7-13/h4-6H,14H2,1-3H3/b12-10-. The van der Waals surface area contributed by atoms with Crippen LogP contribution in [0.3, 0.4) is 0 Å². The third-order valence-electron chi connectivity index (χ3n) is 2.32. The molecule has 0 heterocycles. The smallest absolute Gasteiger partial charge is 0.0965 e. The van der Waals surface area contributed by atoms with E-state index >= 15 is 0 Å². The molecule has 2 nitrogen and oxygen atoms in total. The van der Waals surface area contributed by atoms with Gasteiger partial charge < -0.3 is 5.73 Å². The quantitative estimate of drug-likeness (QED) is 0.685. The van der Waals surface area contributed by atoms with Gasteiger partial charge in [0.2, 0.25) is 0 Å². The second kappa shape index (κ2) is 3.97. The second-order valence-electron chi connectivity index (χ2n) is 3.42. The summed E-state index contributed by atoms with van der Waals surface area (Å²) in [5, 5.41) is 8.76. The number of nitrogens with zero attached hydrogens (tertiary/aromatic N) is 1. The third kappa shape index (κ3) is 1.77. The number of hydrogen-bond acceptors (Lipinski definition) is 2. The van der Waals surface area contributed by atoms with E-state index in [2.05, 4.69) is 6.07 Å². The first-order valence-electron chi connectivity index (χ1n) is 4.51. The Balaban J connectivity index is 3.42. The van der Waals surface area contributed by atoms with Crippen molar-refractivity contribution in [3.05, 3.63) is 40.5 Å². The van der Waals surface area contributed by atoms with Crippen LogP contribution < -0.4 is 5.73 Å². The molecule has 0 aliphatic rings. The van der Waals surface area contributed by atoms with Crippen LogP contribution in [-0.4, -0.2) is 0 Å². The zero-order valence-corrected chi connectivity index (χ0v) is 8.76. The highest BCUT2D eigenvalue weighted by Crippen LogP contribution is 2.21. The molecule has 0 spiro atoms. The zero-order valence-electron chi connectivity index (χ0n) is 8.76. The van der Waals surface area contributed by atoms with E-state index in [1.165, 1.54) is 0 Å². The maximum absolute atomic E-state index is 8.76. The highest BCUT2D eigenvalue weighted by atomic mass is 14.6. The number of nitrogens with two attached hydrogens (primary N) is 1. The van der Waals surface area contributed by atoms with Crippen molar-refractivity contribution < 1.29 is 0 Å². The first kappa shape index (κ1) is 10.3. The van der Waals surface area contributed by atoms with Crippen molar-refractivity contribution in [2.24, 2.45) is 5.73 Å². The van der Waals surface area contributed by atoms with Gasteiger partial charge in [-0.05, 0) is 31.9 Å². The highest BCUT2D eigenvalue weighted by molar-refractivity contribution is 5.72. The Labute approximate surface area is 84.7 Å². The van der Waals surface area contributed by atoms with Crippen molar-refractivity contribution >= 4 is 5.70 Å². The number of benzene rings is 1. The number of hydrogen-bond donors (Lipinski definition) is 1. The Morgan fingerprint density at radius 3 is 2.21 bits per heavy atom. The van der Waals surface area contributed by atoms with Crippen LogP contribution in [0.4, 0.5) is 0 Å². The minimum Gasteiger partial charge on any atom is -0.397 e. The van der Waals surface area contributed by atoms with E-state index in [0.29, 0.717) is 11.3 Å². The third-order valence-corrected chi connectivity index (χ3v) is 2.32. The minimum atomic E-state index is 0.572. The lowest BCUT2D eigenvalue weighted by Gasteiger charge is -2.10. The molecule has 0 saturated heterocycles. The van der Waals surface area contributed by atoms with Crippen LogP contribution in [0.5, 0.6) is 0 Å². The Hall–Kier alpha value is -1.75. The summed E-state index contributed by atoms with van der Waals surface area (Å²) in [6.07, 6.45) is 0. The molecule has 0 aromatic heterocycles. The van der Waals surface area contributed by atoms with E-state index in [9.17, 15) is 0 Å². The van der Waals surface area contributed by atoms with Crippen molar-refractivity contribution in [1.29, 1.82) is 5.26 Å². The van der Waals surface area contributed by atoms with Crippen molar-refractivity contribution in [3.63, 3.8) is 0 Å². The molecule has 0 saturated carbocycles. The average Bonchev–Trinajstić information content (AvgIpc) is 2.16. The number of allylic oxidation sites excluding steroid dienone is 1. The van der Waals surface area contributed by atoms with Gasteiger partial charge in [0.25, 0.3) is 0 Å². The lowest BCUT2D eigenvalue weighted by Crippen LogP contribution is -2.03. The predicted molar refractivity (Wildman–Crippen MR) is 58.3 cm³/mol. The van der Waals surface area contributed by atoms with Gasteiger partial charge in [-0.15, -0.1) is 0 Å². The monoisotopic (exact) mass is 186 g/mol. The topological polar surface area (TPSA) is 49.8 Å². The van der Waals surface area contributed by atoms with Crippen LogP contribution in [0.15, 0.2) is 23.8 Å². The molecule has 1 aromatic carbocycles. The van der Waals surface area contributed by atoms with E-state index in [-0.39, 0.29) is 0 Å².